The first-order chi connectivity index (χ1) is 15.2. The number of nitrogens with zero attached hydrogens (tertiary/aromatic N) is 2. The van der Waals surface area contributed by atoms with E-state index >= 15 is 0 Å². The van der Waals surface area contributed by atoms with Gasteiger partial charge < -0.3 is 10.2 Å². The van der Waals surface area contributed by atoms with Crippen LogP contribution in [0.2, 0.25) is 0 Å². The summed E-state index contributed by atoms with van der Waals surface area (Å²) in [6, 6.07) is 16.2. The smallest absolute Gasteiger partial charge is 0.255 e. The molecule has 0 radical (unpaired) electrons. The number of rotatable bonds is 10. The van der Waals surface area contributed by atoms with Gasteiger partial charge in [-0.1, -0.05) is 57.4 Å². The molecule has 1 amide bonds. The van der Waals surface area contributed by atoms with E-state index in [0.717, 1.165) is 31.7 Å². The molecular formula is C27H39N3O. The van der Waals surface area contributed by atoms with Crippen molar-refractivity contribution in [3.05, 3.63) is 65.2 Å². The molecule has 1 saturated heterocycles. The first-order valence-electron chi connectivity index (χ1n) is 12.1. The summed E-state index contributed by atoms with van der Waals surface area (Å²) in [5, 5.41) is 2.99. The normalized spacial score (nSPS) is 15.5. The van der Waals surface area contributed by atoms with E-state index in [2.05, 4.69) is 53.2 Å². The van der Waals surface area contributed by atoms with Crippen molar-refractivity contribution < 1.29 is 4.79 Å². The van der Waals surface area contributed by atoms with Crippen LogP contribution in [0.5, 0.6) is 0 Å². The predicted octanol–water partition coefficient (Wildman–Crippen LogP) is 5.59. The Morgan fingerprint density at radius 1 is 0.806 bits per heavy atom. The third kappa shape index (κ3) is 7.79. The van der Waals surface area contributed by atoms with Crippen molar-refractivity contribution in [2.45, 2.75) is 58.9 Å². The Hall–Kier alpha value is -2.17. The van der Waals surface area contributed by atoms with Crippen molar-refractivity contribution in [3.63, 3.8) is 0 Å². The second kappa shape index (κ2) is 12.6. The molecule has 0 unspecified atom stereocenters. The fraction of sp³-hybridized carbons (Fsp3) is 0.519. The molecule has 2 aromatic rings. The first kappa shape index (κ1) is 23.5. The molecule has 4 nitrogen and oxygen atoms in total. The fourth-order valence-electron chi connectivity index (χ4n) is 4.22. The quantitative estimate of drug-likeness (QED) is 0.508. The lowest BCUT2D eigenvalue weighted by Crippen LogP contribution is -2.31. The molecule has 168 valence electrons. The average molecular weight is 422 g/mol. The second-order valence-corrected chi connectivity index (χ2v) is 8.73. The molecule has 1 N–H and O–H groups in total. The molecular weight excluding hydrogens is 382 g/mol. The minimum atomic E-state index is -0.0516. The van der Waals surface area contributed by atoms with Gasteiger partial charge in [0.15, 0.2) is 0 Å². The molecule has 0 aliphatic carbocycles. The number of carbonyl (C=O) groups is 1. The number of anilines is 1. The molecule has 31 heavy (non-hydrogen) atoms. The summed E-state index contributed by atoms with van der Waals surface area (Å²) < 4.78 is 0. The Balaban J connectivity index is 1.45. The van der Waals surface area contributed by atoms with E-state index in [1.54, 1.807) is 0 Å². The van der Waals surface area contributed by atoms with Crippen LogP contribution in [0.25, 0.3) is 0 Å². The van der Waals surface area contributed by atoms with Gasteiger partial charge >= 0.3 is 0 Å². The Morgan fingerprint density at radius 2 is 1.48 bits per heavy atom. The SMILES string of the molecule is CCCCCCN1CCCN(Cc2ccc(C(=O)Nc3ccc(CC)cc3)cc2)CC1. The van der Waals surface area contributed by atoms with Gasteiger partial charge in [0.2, 0.25) is 0 Å². The van der Waals surface area contributed by atoms with Crippen molar-refractivity contribution in [2.75, 3.05) is 38.0 Å². The highest BCUT2D eigenvalue weighted by molar-refractivity contribution is 6.04. The number of carbonyl (C=O) groups excluding carboxylic acids is 1. The summed E-state index contributed by atoms with van der Waals surface area (Å²) in [6.07, 6.45) is 7.61. The summed E-state index contributed by atoms with van der Waals surface area (Å²) in [6.45, 7) is 11.3. The van der Waals surface area contributed by atoms with Crippen LogP contribution in [0.1, 0.15) is 67.4 Å². The molecule has 3 rings (SSSR count). The van der Waals surface area contributed by atoms with E-state index < -0.39 is 0 Å². The van der Waals surface area contributed by atoms with Gasteiger partial charge in [-0.3, -0.25) is 9.69 Å². The molecule has 1 fully saturated rings. The van der Waals surface area contributed by atoms with Gasteiger partial charge in [-0.15, -0.1) is 0 Å². The lowest BCUT2D eigenvalue weighted by Gasteiger charge is -2.22. The van der Waals surface area contributed by atoms with Crippen LogP contribution in [0.3, 0.4) is 0 Å². The van der Waals surface area contributed by atoms with Gasteiger partial charge in [0, 0.05) is 30.9 Å². The highest BCUT2D eigenvalue weighted by atomic mass is 16.1. The Bertz CT molecular complexity index is 785. The number of nitrogens with one attached hydrogen (secondary N) is 1. The van der Waals surface area contributed by atoms with Gasteiger partial charge in [-0.05, 0) is 74.3 Å². The van der Waals surface area contributed by atoms with E-state index in [1.807, 2.05) is 24.3 Å². The van der Waals surface area contributed by atoms with Crippen molar-refractivity contribution in [1.29, 1.82) is 0 Å². The first-order valence-corrected chi connectivity index (χ1v) is 12.1. The molecule has 0 atom stereocenters. The molecule has 0 aromatic heterocycles. The highest BCUT2D eigenvalue weighted by Gasteiger charge is 2.15. The minimum absolute atomic E-state index is 0.0516. The molecule has 4 heteroatoms. The van der Waals surface area contributed by atoms with E-state index in [1.165, 1.54) is 62.9 Å². The lowest BCUT2D eigenvalue weighted by atomic mass is 10.1. The van der Waals surface area contributed by atoms with Crippen LogP contribution in [0.4, 0.5) is 5.69 Å². The zero-order valence-corrected chi connectivity index (χ0v) is 19.4. The van der Waals surface area contributed by atoms with E-state index in [4.69, 9.17) is 0 Å². The number of hydrogen-bond acceptors (Lipinski definition) is 3. The number of unbranched alkanes of at least 4 members (excludes halogenated alkanes) is 3. The maximum absolute atomic E-state index is 12.6. The summed E-state index contributed by atoms with van der Waals surface area (Å²) in [4.78, 5) is 17.7. The van der Waals surface area contributed by atoms with E-state index in [0.29, 0.717) is 5.56 Å². The highest BCUT2D eigenvalue weighted by Crippen LogP contribution is 2.14. The number of aryl methyl sites for hydroxylation is 1. The van der Waals surface area contributed by atoms with Crippen molar-refractivity contribution in [1.82, 2.24) is 9.80 Å². The molecule has 1 heterocycles. The topological polar surface area (TPSA) is 35.6 Å². The summed E-state index contributed by atoms with van der Waals surface area (Å²) >= 11 is 0. The van der Waals surface area contributed by atoms with Crippen LogP contribution >= 0.6 is 0 Å². The molecule has 0 saturated carbocycles. The van der Waals surface area contributed by atoms with Gasteiger partial charge in [-0.25, -0.2) is 0 Å². The van der Waals surface area contributed by atoms with Crippen molar-refractivity contribution >= 4 is 11.6 Å². The van der Waals surface area contributed by atoms with Gasteiger partial charge in [0.05, 0.1) is 0 Å². The van der Waals surface area contributed by atoms with Gasteiger partial charge in [0.1, 0.15) is 0 Å². The molecule has 1 aliphatic heterocycles. The van der Waals surface area contributed by atoms with Crippen LogP contribution in [0.15, 0.2) is 48.5 Å². The van der Waals surface area contributed by atoms with Gasteiger partial charge in [-0.2, -0.15) is 0 Å². The number of benzene rings is 2. The van der Waals surface area contributed by atoms with Gasteiger partial charge in [0.25, 0.3) is 5.91 Å². The van der Waals surface area contributed by atoms with Crippen LogP contribution < -0.4 is 5.32 Å². The number of amides is 1. The Kier molecular flexibility index (Phi) is 9.57. The lowest BCUT2D eigenvalue weighted by molar-refractivity contribution is 0.102. The van der Waals surface area contributed by atoms with Crippen LogP contribution in [-0.2, 0) is 13.0 Å². The third-order valence-electron chi connectivity index (χ3n) is 6.25. The second-order valence-electron chi connectivity index (χ2n) is 8.73. The fourth-order valence-corrected chi connectivity index (χ4v) is 4.22. The summed E-state index contributed by atoms with van der Waals surface area (Å²) in [5.74, 6) is -0.0516. The van der Waals surface area contributed by atoms with Crippen LogP contribution in [0, 0.1) is 0 Å². The summed E-state index contributed by atoms with van der Waals surface area (Å²) in [5.41, 5.74) is 4.10. The predicted molar refractivity (Wildman–Crippen MR) is 131 cm³/mol. The Labute approximate surface area is 188 Å². The standard InChI is InChI=1S/C27H39N3O/c1-3-5-6-7-17-29-18-8-19-30(21-20-29)22-24-9-13-25(14-10-24)27(31)28-26-15-11-23(4-2)12-16-26/h9-16H,3-8,17-22H2,1-2H3,(H,28,31). The zero-order chi connectivity index (χ0) is 21.9. The third-order valence-corrected chi connectivity index (χ3v) is 6.25. The largest absolute Gasteiger partial charge is 0.322 e. The Morgan fingerprint density at radius 3 is 2.19 bits per heavy atom. The van der Waals surface area contributed by atoms with Crippen LogP contribution in [-0.4, -0.2) is 48.4 Å². The molecule has 0 bridgehead atoms. The number of hydrogen-bond donors (Lipinski definition) is 1. The van der Waals surface area contributed by atoms with Crippen molar-refractivity contribution in [2.24, 2.45) is 0 Å². The molecule has 2 aromatic carbocycles. The van der Waals surface area contributed by atoms with Crippen molar-refractivity contribution in [3.8, 4) is 0 Å². The minimum Gasteiger partial charge on any atom is -0.322 e. The summed E-state index contributed by atoms with van der Waals surface area (Å²) in [7, 11) is 0. The monoisotopic (exact) mass is 421 g/mol. The average Bonchev–Trinajstić information content (AvgIpc) is 3.03. The van der Waals surface area contributed by atoms with E-state index in [9.17, 15) is 4.79 Å². The molecule has 1 aliphatic rings. The molecule has 0 spiro atoms. The van der Waals surface area contributed by atoms with E-state index in [-0.39, 0.29) is 5.91 Å². The zero-order valence-electron chi connectivity index (χ0n) is 19.4. The maximum atomic E-state index is 12.6. The maximum Gasteiger partial charge on any atom is 0.255 e.